The van der Waals surface area contributed by atoms with E-state index in [1.165, 1.54) is 0 Å². The van der Waals surface area contributed by atoms with E-state index in [1.54, 1.807) is 24.3 Å². The number of carbonyl (C=O) groups excluding carboxylic acids is 1. The molecular formula is C16H15ClN2O2. The zero-order chi connectivity index (χ0) is 15.1. The van der Waals surface area contributed by atoms with Crippen molar-refractivity contribution in [3.05, 3.63) is 65.2 Å². The summed E-state index contributed by atoms with van der Waals surface area (Å²) >= 11 is 5.82. The number of ether oxygens (including phenoxy) is 1. The van der Waals surface area contributed by atoms with Crippen LogP contribution in [0.25, 0.3) is 0 Å². The number of rotatable bonds is 5. The Morgan fingerprint density at radius 3 is 2.48 bits per heavy atom. The Kier molecular flexibility index (Phi) is 5.35. The average molecular weight is 303 g/mol. The lowest BCUT2D eigenvalue weighted by atomic mass is 10.1. The highest BCUT2D eigenvalue weighted by atomic mass is 35.5. The molecule has 0 aromatic heterocycles. The van der Waals surface area contributed by atoms with Gasteiger partial charge in [0.2, 0.25) is 0 Å². The van der Waals surface area contributed by atoms with Crippen LogP contribution in [-0.2, 0) is 4.79 Å². The molecule has 0 unspecified atom stereocenters. The van der Waals surface area contributed by atoms with Crippen LogP contribution in [0, 0.1) is 0 Å². The number of para-hydroxylation sites is 1. The highest BCUT2D eigenvalue weighted by Crippen LogP contribution is 2.10. The highest BCUT2D eigenvalue weighted by molar-refractivity contribution is 6.30. The Labute approximate surface area is 128 Å². The maximum absolute atomic E-state index is 11.6. The lowest BCUT2D eigenvalue weighted by Crippen LogP contribution is -2.25. The highest BCUT2D eigenvalue weighted by Gasteiger charge is 2.02. The molecule has 0 aliphatic heterocycles. The molecule has 108 valence electrons. The second-order valence-corrected chi connectivity index (χ2v) is 4.78. The van der Waals surface area contributed by atoms with E-state index in [0.717, 1.165) is 5.56 Å². The van der Waals surface area contributed by atoms with Gasteiger partial charge in [0.25, 0.3) is 5.91 Å². The molecule has 0 aliphatic rings. The number of nitrogens with one attached hydrogen (secondary N) is 1. The summed E-state index contributed by atoms with van der Waals surface area (Å²) in [5, 5.41) is 4.69. The summed E-state index contributed by atoms with van der Waals surface area (Å²) in [6.07, 6.45) is 0. The maximum Gasteiger partial charge on any atom is 0.277 e. The summed E-state index contributed by atoms with van der Waals surface area (Å²) in [5.41, 5.74) is 4.04. The van der Waals surface area contributed by atoms with Crippen molar-refractivity contribution in [3.8, 4) is 5.75 Å². The van der Waals surface area contributed by atoms with Crippen LogP contribution in [0.15, 0.2) is 59.7 Å². The van der Waals surface area contributed by atoms with Gasteiger partial charge < -0.3 is 4.74 Å². The minimum absolute atomic E-state index is 0.0819. The first-order valence-electron chi connectivity index (χ1n) is 6.42. The quantitative estimate of drug-likeness (QED) is 0.681. The minimum atomic E-state index is -0.313. The molecule has 2 rings (SSSR count). The van der Waals surface area contributed by atoms with Crippen LogP contribution >= 0.6 is 11.6 Å². The predicted octanol–water partition coefficient (Wildman–Crippen LogP) is 3.26. The first-order valence-corrected chi connectivity index (χ1v) is 6.80. The van der Waals surface area contributed by atoms with E-state index < -0.39 is 0 Å². The summed E-state index contributed by atoms with van der Waals surface area (Å²) in [6.45, 7) is 1.73. The molecule has 0 bridgehead atoms. The number of halogens is 1. The second kappa shape index (κ2) is 7.45. The summed E-state index contributed by atoms with van der Waals surface area (Å²) in [5.74, 6) is 0.332. The predicted molar refractivity (Wildman–Crippen MR) is 83.7 cm³/mol. The summed E-state index contributed by atoms with van der Waals surface area (Å²) < 4.78 is 5.32. The van der Waals surface area contributed by atoms with E-state index in [2.05, 4.69) is 10.5 Å². The third-order valence-corrected chi connectivity index (χ3v) is 2.98. The van der Waals surface area contributed by atoms with Crippen molar-refractivity contribution in [1.82, 2.24) is 5.43 Å². The zero-order valence-corrected chi connectivity index (χ0v) is 12.3. The lowest BCUT2D eigenvalue weighted by molar-refractivity contribution is -0.123. The molecular weight excluding hydrogens is 288 g/mol. The Hall–Kier alpha value is -2.33. The molecule has 2 aromatic rings. The Balaban J connectivity index is 1.85. The molecule has 21 heavy (non-hydrogen) atoms. The van der Waals surface area contributed by atoms with Gasteiger partial charge in [0.05, 0.1) is 5.71 Å². The van der Waals surface area contributed by atoms with E-state index in [9.17, 15) is 4.79 Å². The van der Waals surface area contributed by atoms with Gasteiger partial charge in [0, 0.05) is 5.02 Å². The molecule has 2 aromatic carbocycles. The summed E-state index contributed by atoms with van der Waals surface area (Å²) in [7, 11) is 0. The second-order valence-electron chi connectivity index (χ2n) is 4.34. The number of nitrogens with zero attached hydrogens (tertiary/aromatic N) is 1. The first kappa shape index (κ1) is 15.1. The number of carbonyl (C=O) groups is 1. The van der Waals surface area contributed by atoms with E-state index in [4.69, 9.17) is 16.3 Å². The van der Waals surface area contributed by atoms with Gasteiger partial charge >= 0.3 is 0 Å². The van der Waals surface area contributed by atoms with E-state index in [1.807, 2.05) is 37.3 Å². The van der Waals surface area contributed by atoms with Gasteiger partial charge in [-0.1, -0.05) is 41.9 Å². The number of amides is 1. The third kappa shape index (κ3) is 4.93. The maximum atomic E-state index is 11.6. The van der Waals surface area contributed by atoms with Gasteiger partial charge in [0.1, 0.15) is 5.75 Å². The average Bonchev–Trinajstić information content (AvgIpc) is 2.52. The molecule has 4 nitrogen and oxygen atoms in total. The van der Waals surface area contributed by atoms with Crippen LogP contribution < -0.4 is 10.2 Å². The molecule has 0 fully saturated rings. The third-order valence-electron chi connectivity index (χ3n) is 2.72. The largest absolute Gasteiger partial charge is 0.484 e. The van der Waals surface area contributed by atoms with Gasteiger partial charge in [-0.05, 0) is 36.8 Å². The van der Waals surface area contributed by atoms with E-state index >= 15 is 0 Å². The Bertz CT molecular complexity index is 624. The Morgan fingerprint density at radius 1 is 1.14 bits per heavy atom. The molecule has 0 heterocycles. The molecule has 0 saturated carbocycles. The van der Waals surface area contributed by atoms with Gasteiger partial charge in [0.15, 0.2) is 6.61 Å². The summed E-state index contributed by atoms with van der Waals surface area (Å²) in [4.78, 5) is 11.6. The van der Waals surface area contributed by atoms with Gasteiger partial charge in [-0.2, -0.15) is 5.10 Å². The van der Waals surface area contributed by atoms with Crippen molar-refractivity contribution >= 4 is 23.2 Å². The molecule has 0 aliphatic carbocycles. The van der Waals surface area contributed by atoms with Gasteiger partial charge in [-0.15, -0.1) is 0 Å². The van der Waals surface area contributed by atoms with Crippen LogP contribution in [0.1, 0.15) is 12.5 Å². The number of benzene rings is 2. The lowest BCUT2D eigenvalue weighted by Gasteiger charge is -2.05. The zero-order valence-electron chi connectivity index (χ0n) is 11.5. The van der Waals surface area contributed by atoms with E-state index in [-0.39, 0.29) is 12.5 Å². The molecule has 5 heteroatoms. The molecule has 0 radical (unpaired) electrons. The van der Waals surface area contributed by atoms with Crippen molar-refractivity contribution < 1.29 is 9.53 Å². The SMILES string of the molecule is C/C(=N/NC(=O)COc1ccccc1)c1ccc(Cl)cc1. The Morgan fingerprint density at radius 2 is 1.81 bits per heavy atom. The standard InChI is InChI=1S/C16H15ClN2O2/c1-12(13-7-9-14(17)10-8-13)18-19-16(20)11-21-15-5-3-2-4-6-15/h2-10H,11H2,1H3,(H,19,20)/b18-12-. The monoisotopic (exact) mass is 302 g/mol. The van der Waals surface area contributed by atoms with Crippen LogP contribution in [0.5, 0.6) is 5.75 Å². The molecule has 0 saturated heterocycles. The number of hydrazone groups is 1. The van der Waals surface area contributed by atoms with Crippen molar-refractivity contribution in [2.24, 2.45) is 5.10 Å². The fourth-order valence-electron chi connectivity index (χ4n) is 1.60. The first-order chi connectivity index (χ1) is 10.1. The normalized spacial score (nSPS) is 11.0. The van der Waals surface area contributed by atoms with Crippen molar-refractivity contribution in [2.45, 2.75) is 6.92 Å². The number of hydrogen-bond donors (Lipinski definition) is 1. The van der Waals surface area contributed by atoms with Crippen molar-refractivity contribution in [2.75, 3.05) is 6.61 Å². The fourth-order valence-corrected chi connectivity index (χ4v) is 1.73. The fraction of sp³-hybridized carbons (Fsp3) is 0.125. The van der Waals surface area contributed by atoms with Crippen LogP contribution in [-0.4, -0.2) is 18.2 Å². The van der Waals surface area contributed by atoms with Crippen LogP contribution in [0.2, 0.25) is 5.02 Å². The van der Waals surface area contributed by atoms with Crippen LogP contribution in [0.4, 0.5) is 0 Å². The van der Waals surface area contributed by atoms with Crippen molar-refractivity contribution in [1.29, 1.82) is 0 Å². The van der Waals surface area contributed by atoms with Gasteiger partial charge in [-0.25, -0.2) is 5.43 Å². The smallest absolute Gasteiger partial charge is 0.277 e. The van der Waals surface area contributed by atoms with Gasteiger partial charge in [-0.3, -0.25) is 4.79 Å². The summed E-state index contributed by atoms with van der Waals surface area (Å²) in [6, 6.07) is 16.4. The molecule has 1 N–H and O–H groups in total. The van der Waals surface area contributed by atoms with E-state index in [0.29, 0.717) is 16.5 Å². The molecule has 1 amide bonds. The number of hydrogen-bond acceptors (Lipinski definition) is 3. The van der Waals surface area contributed by atoms with Crippen LogP contribution in [0.3, 0.4) is 0 Å². The molecule has 0 spiro atoms. The van der Waals surface area contributed by atoms with Crippen molar-refractivity contribution in [3.63, 3.8) is 0 Å². The minimum Gasteiger partial charge on any atom is -0.484 e. The molecule has 0 atom stereocenters. The topological polar surface area (TPSA) is 50.7 Å².